The maximum Gasteiger partial charge on any atom is 0.269 e. The molecule has 2 aromatic carbocycles. The highest BCUT2D eigenvalue weighted by molar-refractivity contribution is 5.99. The smallest absolute Gasteiger partial charge is 0.269 e. The molecule has 0 fully saturated rings. The first-order chi connectivity index (χ1) is 13.3. The first kappa shape index (κ1) is 21.2. The Morgan fingerprint density at radius 1 is 0.893 bits per heavy atom. The maximum absolute atomic E-state index is 12.5. The Balaban J connectivity index is 1.99. The van der Waals surface area contributed by atoms with E-state index >= 15 is 0 Å². The number of carbonyl (C=O) groups is 3. The van der Waals surface area contributed by atoms with Crippen LogP contribution in [0.3, 0.4) is 0 Å². The Kier molecular flexibility index (Phi) is 7.32. The molecule has 1 atom stereocenters. The highest BCUT2D eigenvalue weighted by atomic mass is 16.2. The summed E-state index contributed by atoms with van der Waals surface area (Å²) in [6.07, 6.45) is 0.884. The molecule has 0 aromatic heterocycles. The van der Waals surface area contributed by atoms with Gasteiger partial charge in [0.1, 0.15) is 6.04 Å². The van der Waals surface area contributed by atoms with Crippen molar-refractivity contribution in [1.29, 1.82) is 0 Å². The molecule has 3 N–H and O–H groups in total. The molecule has 3 amide bonds. The molecule has 0 saturated carbocycles. The van der Waals surface area contributed by atoms with Crippen LogP contribution in [0.5, 0.6) is 0 Å². The number of amides is 3. The first-order valence-corrected chi connectivity index (χ1v) is 9.39. The van der Waals surface area contributed by atoms with Crippen molar-refractivity contribution in [2.45, 2.75) is 40.2 Å². The first-order valence-electron chi connectivity index (χ1n) is 9.39. The van der Waals surface area contributed by atoms with Gasteiger partial charge in [0.05, 0.1) is 0 Å². The fourth-order valence-corrected chi connectivity index (χ4v) is 2.74. The summed E-state index contributed by atoms with van der Waals surface area (Å²) in [5, 5.41) is 2.75. The molecular weight excluding hydrogens is 354 g/mol. The lowest BCUT2D eigenvalue weighted by molar-refractivity contribution is -0.124. The molecule has 28 heavy (non-hydrogen) atoms. The molecule has 2 aromatic rings. The third-order valence-electron chi connectivity index (χ3n) is 4.55. The van der Waals surface area contributed by atoms with E-state index in [1.165, 1.54) is 0 Å². The molecule has 6 nitrogen and oxygen atoms in total. The van der Waals surface area contributed by atoms with Crippen LogP contribution in [0.25, 0.3) is 0 Å². The van der Waals surface area contributed by atoms with Crippen LogP contribution in [0, 0.1) is 12.8 Å². The summed E-state index contributed by atoms with van der Waals surface area (Å²) in [7, 11) is 0. The van der Waals surface area contributed by atoms with Gasteiger partial charge in [-0.15, -0.1) is 0 Å². The van der Waals surface area contributed by atoms with Gasteiger partial charge in [0, 0.05) is 11.1 Å². The van der Waals surface area contributed by atoms with Crippen LogP contribution >= 0.6 is 0 Å². The molecule has 0 saturated heterocycles. The molecule has 148 valence electrons. The van der Waals surface area contributed by atoms with Crippen molar-refractivity contribution in [1.82, 2.24) is 16.2 Å². The Morgan fingerprint density at radius 3 is 2.11 bits per heavy atom. The summed E-state index contributed by atoms with van der Waals surface area (Å²) in [5.41, 5.74) is 7.73. The molecule has 0 heterocycles. The molecule has 0 radical (unpaired) electrons. The third kappa shape index (κ3) is 5.42. The minimum atomic E-state index is -0.783. The Labute approximate surface area is 165 Å². The number of benzene rings is 2. The third-order valence-corrected chi connectivity index (χ3v) is 4.55. The minimum absolute atomic E-state index is 0.159. The summed E-state index contributed by atoms with van der Waals surface area (Å²) in [5.74, 6) is -1.37. The summed E-state index contributed by atoms with van der Waals surface area (Å²) in [4.78, 5) is 37.3. The topological polar surface area (TPSA) is 87.3 Å². The summed E-state index contributed by atoms with van der Waals surface area (Å²) in [6.45, 7) is 7.53. The standard InChI is InChI=1S/C22H27N3O3/c1-5-16-10-12-17(13-11-16)20(26)24-25-22(28)19(14(2)3)23-21(27)18-9-7-6-8-15(18)4/h6-14,19H,5H2,1-4H3,(H,23,27)(H,24,26)(H,25,28). The van der Waals surface area contributed by atoms with Crippen LogP contribution in [0.4, 0.5) is 0 Å². The molecule has 0 bridgehead atoms. The van der Waals surface area contributed by atoms with E-state index in [1.807, 2.05) is 52.0 Å². The zero-order valence-electron chi connectivity index (χ0n) is 16.7. The predicted molar refractivity (Wildman–Crippen MR) is 109 cm³/mol. The zero-order valence-corrected chi connectivity index (χ0v) is 16.7. The van der Waals surface area contributed by atoms with Gasteiger partial charge in [-0.25, -0.2) is 0 Å². The van der Waals surface area contributed by atoms with E-state index in [1.54, 1.807) is 24.3 Å². The van der Waals surface area contributed by atoms with Gasteiger partial charge in [-0.1, -0.05) is 51.1 Å². The van der Waals surface area contributed by atoms with Gasteiger partial charge in [0.2, 0.25) is 0 Å². The Morgan fingerprint density at radius 2 is 1.54 bits per heavy atom. The Bertz CT molecular complexity index is 844. The van der Waals surface area contributed by atoms with Gasteiger partial charge in [-0.2, -0.15) is 0 Å². The van der Waals surface area contributed by atoms with Crippen LogP contribution < -0.4 is 16.2 Å². The summed E-state index contributed by atoms with van der Waals surface area (Å²) < 4.78 is 0. The highest BCUT2D eigenvalue weighted by Gasteiger charge is 2.25. The van der Waals surface area contributed by atoms with E-state index in [4.69, 9.17) is 0 Å². The van der Waals surface area contributed by atoms with Crippen molar-refractivity contribution < 1.29 is 14.4 Å². The fourth-order valence-electron chi connectivity index (χ4n) is 2.74. The van der Waals surface area contributed by atoms with Crippen molar-refractivity contribution in [2.75, 3.05) is 0 Å². The number of aryl methyl sites for hydroxylation is 2. The molecule has 6 heteroatoms. The van der Waals surface area contributed by atoms with Crippen molar-refractivity contribution in [3.05, 3.63) is 70.8 Å². The zero-order chi connectivity index (χ0) is 20.7. The average molecular weight is 381 g/mol. The van der Waals surface area contributed by atoms with Crippen LogP contribution in [0.1, 0.15) is 52.6 Å². The lowest BCUT2D eigenvalue weighted by Crippen LogP contribution is -2.54. The molecule has 0 spiro atoms. The quantitative estimate of drug-likeness (QED) is 0.673. The summed E-state index contributed by atoms with van der Waals surface area (Å²) >= 11 is 0. The molecular formula is C22H27N3O3. The average Bonchev–Trinajstić information content (AvgIpc) is 2.69. The highest BCUT2D eigenvalue weighted by Crippen LogP contribution is 2.09. The van der Waals surface area contributed by atoms with Gasteiger partial charge in [-0.3, -0.25) is 25.2 Å². The van der Waals surface area contributed by atoms with E-state index in [9.17, 15) is 14.4 Å². The number of hydrogen-bond acceptors (Lipinski definition) is 3. The lowest BCUT2D eigenvalue weighted by atomic mass is 10.0. The van der Waals surface area contributed by atoms with Crippen LogP contribution in [-0.2, 0) is 11.2 Å². The van der Waals surface area contributed by atoms with Crippen LogP contribution in [0.15, 0.2) is 48.5 Å². The normalized spacial score (nSPS) is 11.6. The number of rotatable bonds is 6. The molecule has 0 aliphatic rings. The van der Waals surface area contributed by atoms with Crippen molar-refractivity contribution in [2.24, 2.45) is 5.92 Å². The van der Waals surface area contributed by atoms with E-state index < -0.39 is 17.9 Å². The van der Waals surface area contributed by atoms with Gasteiger partial charge >= 0.3 is 0 Å². The van der Waals surface area contributed by atoms with Gasteiger partial charge in [-0.05, 0) is 48.6 Å². The Hall–Kier alpha value is -3.15. The lowest BCUT2D eigenvalue weighted by Gasteiger charge is -2.22. The van der Waals surface area contributed by atoms with E-state index in [0.717, 1.165) is 17.5 Å². The molecule has 0 aliphatic carbocycles. The van der Waals surface area contributed by atoms with Crippen LogP contribution in [-0.4, -0.2) is 23.8 Å². The number of hydrogen-bond donors (Lipinski definition) is 3. The van der Waals surface area contributed by atoms with Crippen molar-refractivity contribution >= 4 is 17.7 Å². The van der Waals surface area contributed by atoms with Crippen molar-refractivity contribution in [3.63, 3.8) is 0 Å². The minimum Gasteiger partial charge on any atom is -0.340 e. The largest absolute Gasteiger partial charge is 0.340 e. The van der Waals surface area contributed by atoms with E-state index in [-0.39, 0.29) is 11.8 Å². The van der Waals surface area contributed by atoms with Crippen molar-refractivity contribution in [3.8, 4) is 0 Å². The second-order valence-corrected chi connectivity index (χ2v) is 7.00. The number of carbonyl (C=O) groups excluding carboxylic acids is 3. The van der Waals surface area contributed by atoms with Crippen LogP contribution in [0.2, 0.25) is 0 Å². The maximum atomic E-state index is 12.5. The number of nitrogens with one attached hydrogen (secondary N) is 3. The number of hydrazine groups is 1. The second kappa shape index (κ2) is 9.69. The van der Waals surface area contributed by atoms with Gasteiger partial charge < -0.3 is 5.32 Å². The SMILES string of the molecule is CCc1ccc(C(=O)NNC(=O)C(NC(=O)c2ccccc2C)C(C)C)cc1. The molecule has 2 rings (SSSR count). The molecule has 1 unspecified atom stereocenters. The van der Waals surface area contributed by atoms with Gasteiger partial charge in [0.15, 0.2) is 0 Å². The monoisotopic (exact) mass is 381 g/mol. The predicted octanol–water partition coefficient (Wildman–Crippen LogP) is 2.77. The van der Waals surface area contributed by atoms with E-state index in [0.29, 0.717) is 11.1 Å². The fraction of sp³-hybridized carbons (Fsp3) is 0.318. The second-order valence-electron chi connectivity index (χ2n) is 7.00. The van der Waals surface area contributed by atoms with E-state index in [2.05, 4.69) is 16.2 Å². The summed E-state index contributed by atoms with van der Waals surface area (Å²) in [6, 6.07) is 13.5. The molecule has 0 aliphatic heterocycles. The van der Waals surface area contributed by atoms with Gasteiger partial charge in [0.25, 0.3) is 17.7 Å².